The Morgan fingerprint density at radius 1 is 1.00 bits per heavy atom. The summed E-state index contributed by atoms with van der Waals surface area (Å²) in [5.74, 6) is 0.746. The van der Waals surface area contributed by atoms with Gasteiger partial charge < -0.3 is 5.32 Å². The Morgan fingerprint density at radius 2 is 1.79 bits per heavy atom. The quantitative estimate of drug-likeness (QED) is 0.506. The molecule has 2 heterocycles. The number of pyridine rings is 1. The summed E-state index contributed by atoms with van der Waals surface area (Å²) in [7, 11) is 0. The van der Waals surface area contributed by atoms with E-state index in [1.165, 1.54) is 0 Å². The van der Waals surface area contributed by atoms with Crippen LogP contribution in [0.4, 0.5) is 0 Å². The number of fused-ring (bicyclic) bond motifs is 1. The fraction of sp³-hybridized carbons (Fsp3) is 0.208. The van der Waals surface area contributed by atoms with Crippen LogP contribution < -0.4 is 5.32 Å². The molecule has 4 aromatic rings. The summed E-state index contributed by atoms with van der Waals surface area (Å²) < 4.78 is 1.96. The minimum absolute atomic E-state index is 0.0581. The van der Waals surface area contributed by atoms with Gasteiger partial charge in [0.1, 0.15) is 12.1 Å². The third-order valence-corrected chi connectivity index (χ3v) is 5.07. The lowest BCUT2D eigenvalue weighted by Gasteiger charge is -2.16. The Kier molecular flexibility index (Phi) is 5.66. The van der Waals surface area contributed by atoms with Gasteiger partial charge in [0.25, 0.3) is 0 Å². The molecule has 0 aliphatic rings. The maximum Gasteiger partial charge on any atom is 0.227 e. The first-order valence-electron chi connectivity index (χ1n) is 9.96. The predicted molar refractivity (Wildman–Crippen MR) is 115 cm³/mol. The molecular formula is C24H24N4O. The zero-order valence-electron chi connectivity index (χ0n) is 16.5. The van der Waals surface area contributed by atoms with Crippen LogP contribution in [0, 0.1) is 0 Å². The molecule has 146 valence electrons. The van der Waals surface area contributed by atoms with Gasteiger partial charge in [-0.2, -0.15) is 0 Å². The number of nitrogens with zero attached hydrogens (tertiary/aromatic N) is 3. The summed E-state index contributed by atoms with van der Waals surface area (Å²) in [4.78, 5) is 21.7. The van der Waals surface area contributed by atoms with Gasteiger partial charge in [-0.05, 0) is 35.7 Å². The smallest absolute Gasteiger partial charge is 0.227 e. The molecule has 0 aliphatic carbocycles. The van der Waals surface area contributed by atoms with Crippen LogP contribution in [0.5, 0.6) is 0 Å². The van der Waals surface area contributed by atoms with Crippen molar-refractivity contribution in [3.05, 3.63) is 90.4 Å². The first-order chi connectivity index (χ1) is 14.3. The topological polar surface area (TPSA) is 59.8 Å². The maximum atomic E-state index is 12.8. The van der Waals surface area contributed by atoms with Crippen LogP contribution in [0.3, 0.4) is 0 Å². The van der Waals surface area contributed by atoms with Crippen molar-refractivity contribution in [2.75, 3.05) is 0 Å². The van der Waals surface area contributed by atoms with Crippen molar-refractivity contribution in [1.82, 2.24) is 19.9 Å². The van der Waals surface area contributed by atoms with Gasteiger partial charge in [-0.25, -0.2) is 9.97 Å². The van der Waals surface area contributed by atoms with E-state index >= 15 is 0 Å². The molecular weight excluding hydrogens is 360 g/mol. The van der Waals surface area contributed by atoms with Crippen molar-refractivity contribution in [3.63, 3.8) is 0 Å². The zero-order valence-corrected chi connectivity index (χ0v) is 16.5. The summed E-state index contributed by atoms with van der Waals surface area (Å²) in [5, 5.41) is 3.07. The van der Waals surface area contributed by atoms with Gasteiger partial charge in [0, 0.05) is 12.7 Å². The van der Waals surface area contributed by atoms with Crippen LogP contribution in [-0.2, 0) is 11.3 Å². The molecule has 0 aliphatic heterocycles. The van der Waals surface area contributed by atoms with Crippen LogP contribution in [0.1, 0.15) is 36.8 Å². The number of benzene rings is 2. The van der Waals surface area contributed by atoms with E-state index in [-0.39, 0.29) is 11.8 Å². The van der Waals surface area contributed by atoms with Crippen molar-refractivity contribution >= 4 is 16.9 Å². The highest BCUT2D eigenvalue weighted by atomic mass is 16.1. The van der Waals surface area contributed by atoms with Crippen molar-refractivity contribution in [2.45, 2.75) is 32.2 Å². The Labute approximate surface area is 170 Å². The first kappa shape index (κ1) is 18.9. The van der Waals surface area contributed by atoms with Crippen LogP contribution in [0.15, 0.2) is 79.3 Å². The van der Waals surface area contributed by atoms with Crippen LogP contribution in [0.25, 0.3) is 16.9 Å². The molecule has 5 heteroatoms. The predicted octanol–water partition coefficient (Wildman–Crippen LogP) is 4.62. The molecule has 2 aromatic carbocycles. The zero-order chi connectivity index (χ0) is 20.1. The van der Waals surface area contributed by atoms with Crippen molar-refractivity contribution in [1.29, 1.82) is 0 Å². The normalized spacial score (nSPS) is 12.0. The van der Waals surface area contributed by atoms with E-state index in [0.717, 1.165) is 40.8 Å². The largest absolute Gasteiger partial charge is 0.351 e. The van der Waals surface area contributed by atoms with Gasteiger partial charge in [-0.3, -0.25) is 9.36 Å². The maximum absolute atomic E-state index is 12.8. The molecule has 5 nitrogen and oxygen atoms in total. The van der Waals surface area contributed by atoms with Crippen molar-refractivity contribution in [2.24, 2.45) is 0 Å². The monoisotopic (exact) mass is 384 g/mol. The highest BCUT2D eigenvalue weighted by Gasteiger charge is 2.19. The van der Waals surface area contributed by atoms with E-state index < -0.39 is 0 Å². The number of carbonyl (C=O) groups is 1. The highest BCUT2D eigenvalue weighted by Crippen LogP contribution is 2.21. The Hall–Kier alpha value is -3.47. The number of aromatic nitrogens is 3. The summed E-state index contributed by atoms with van der Waals surface area (Å²) in [6.45, 7) is 2.56. The number of para-hydroxylation sites is 2. The third kappa shape index (κ3) is 4.19. The van der Waals surface area contributed by atoms with Gasteiger partial charge in [0.2, 0.25) is 5.91 Å². The minimum atomic E-state index is -0.120. The molecule has 0 radical (unpaired) electrons. The fourth-order valence-corrected chi connectivity index (χ4v) is 3.54. The van der Waals surface area contributed by atoms with Crippen molar-refractivity contribution < 1.29 is 4.79 Å². The Balaban J connectivity index is 1.44. The van der Waals surface area contributed by atoms with Gasteiger partial charge >= 0.3 is 0 Å². The fourth-order valence-electron chi connectivity index (χ4n) is 3.54. The lowest BCUT2D eigenvalue weighted by atomic mass is 9.93. The number of rotatable bonds is 7. The second kappa shape index (κ2) is 8.69. The van der Waals surface area contributed by atoms with E-state index in [0.29, 0.717) is 6.54 Å². The second-order valence-corrected chi connectivity index (χ2v) is 7.10. The number of nitrogens with one attached hydrogen (secondary N) is 1. The molecule has 1 atom stereocenters. The lowest BCUT2D eigenvalue weighted by Crippen LogP contribution is -2.29. The standard InChI is InChI=1S/C24H24N4O/c1-2-8-20(19-9-4-3-5-10-19)24(29)26-16-18-13-14-23(25-15-18)28-17-27-21-11-6-7-12-22(21)28/h3-7,9-15,17,20H,2,8,16H2,1H3,(H,26,29). The summed E-state index contributed by atoms with van der Waals surface area (Å²) in [6, 6.07) is 21.9. The first-order valence-corrected chi connectivity index (χ1v) is 9.96. The Bertz CT molecular complexity index is 1090. The van der Waals surface area contributed by atoms with Gasteiger partial charge in [-0.1, -0.05) is 61.9 Å². The van der Waals surface area contributed by atoms with E-state index in [2.05, 4.69) is 22.2 Å². The number of imidazole rings is 1. The van der Waals surface area contributed by atoms with E-state index in [1.807, 2.05) is 77.5 Å². The van der Waals surface area contributed by atoms with Gasteiger partial charge in [0.05, 0.1) is 17.0 Å². The van der Waals surface area contributed by atoms with E-state index in [1.54, 1.807) is 6.33 Å². The highest BCUT2D eigenvalue weighted by molar-refractivity contribution is 5.83. The van der Waals surface area contributed by atoms with Crippen LogP contribution in [0.2, 0.25) is 0 Å². The molecule has 1 unspecified atom stereocenters. The SMILES string of the molecule is CCCC(C(=O)NCc1ccc(-n2cnc3ccccc32)nc1)c1ccccc1. The minimum Gasteiger partial charge on any atom is -0.351 e. The average molecular weight is 384 g/mol. The molecule has 0 saturated heterocycles. The molecule has 0 saturated carbocycles. The number of hydrogen-bond donors (Lipinski definition) is 1. The molecule has 1 amide bonds. The van der Waals surface area contributed by atoms with Crippen LogP contribution in [-0.4, -0.2) is 20.4 Å². The van der Waals surface area contributed by atoms with Crippen LogP contribution >= 0.6 is 0 Å². The number of hydrogen-bond acceptors (Lipinski definition) is 3. The van der Waals surface area contributed by atoms with Gasteiger partial charge in [-0.15, -0.1) is 0 Å². The summed E-state index contributed by atoms with van der Waals surface area (Å²) in [5.41, 5.74) is 3.99. The van der Waals surface area contributed by atoms with E-state index in [4.69, 9.17) is 0 Å². The molecule has 1 N–H and O–H groups in total. The molecule has 0 bridgehead atoms. The lowest BCUT2D eigenvalue weighted by molar-refractivity contribution is -0.122. The second-order valence-electron chi connectivity index (χ2n) is 7.10. The average Bonchev–Trinajstić information content (AvgIpc) is 3.21. The number of carbonyl (C=O) groups excluding carboxylic acids is 1. The molecule has 4 rings (SSSR count). The molecule has 2 aromatic heterocycles. The Morgan fingerprint density at radius 3 is 2.55 bits per heavy atom. The van der Waals surface area contributed by atoms with Crippen molar-refractivity contribution in [3.8, 4) is 5.82 Å². The summed E-state index contributed by atoms with van der Waals surface area (Å²) >= 11 is 0. The third-order valence-electron chi connectivity index (χ3n) is 5.07. The molecule has 0 spiro atoms. The number of amides is 1. The molecule has 0 fully saturated rings. The van der Waals surface area contributed by atoms with Gasteiger partial charge in [0.15, 0.2) is 0 Å². The van der Waals surface area contributed by atoms with E-state index in [9.17, 15) is 4.79 Å². The molecule has 29 heavy (non-hydrogen) atoms. The summed E-state index contributed by atoms with van der Waals surface area (Å²) in [6.07, 6.45) is 5.38.